The Bertz CT molecular complexity index is 449. The molecule has 3 atom stereocenters. The molecule has 3 unspecified atom stereocenters. The second kappa shape index (κ2) is 8.64. The third kappa shape index (κ3) is 6.60. The SMILES string of the molecule is COC(C)c1cccc(NC(=O)NCC(C)CC(C)O)c1. The Hall–Kier alpha value is -1.59. The van der Waals surface area contributed by atoms with Crippen LogP contribution in [0, 0.1) is 5.92 Å². The van der Waals surface area contributed by atoms with Gasteiger partial charge in [0.1, 0.15) is 0 Å². The van der Waals surface area contributed by atoms with E-state index in [1.165, 1.54) is 0 Å². The van der Waals surface area contributed by atoms with Gasteiger partial charge in [-0.25, -0.2) is 4.79 Å². The first-order valence-electron chi connectivity index (χ1n) is 7.28. The number of anilines is 1. The van der Waals surface area contributed by atoms with E-state index in [1.54, 1.807) is 14.0 Å². The van der Waals surface area contributed by atoms with E-state index in [4.69, 9.17) is 4.74 Å². The van der Waals surface area contributed by atoms with Crippen molar-refractivity contribution in [1.82, 2.24) is 5.32 Å². The highest BCUT2D eigenvalue weighted by molar-refractivity contribution is 5.89. The first-order chi connectivity index (χ1) is 9.92. The fourth-order valence-electron chi connectivity index (χ4n) is 2.11. The van der Waals surface area contributed by atoms with E-state index in [0.717, 1.165) is 11.3 Å². The second-order valence-corrected chi connectivity index (χ2v) is 5.53. The lowest BCUT2D eigenvalue weighted by Gasteiger charge is -2.15. The highest BCUT2D eigenvalue weighted by Gasteiger charge is 2.09. The summed E-state index contributed by atoms with van der Waals surface area (Å²) in [5.74, 6) is 0.232. The summed E-state index contributed by atoms with van der Waals surface area (Å²) >= 11 is 0. The molecular weight excluding hydrogens is 268 g/mol. The molecule has 0 aliphatic rings. The fourth-order valence-corrected chi connectivity index (χ4v) is 2.11. The summed E-state index contributed by atoms with van der Waals surface area (Å²) in [5, 5.41) is 14.9. The number of hydrogen-bond donors (Lipinski definition) is 3. The third-order valence-corrected chi connectivity index (χ3v) is 3.32. The average molecular weight is 294 g/mol. The van der Waals surface area contributed by atoms with Gasteiger partial charge >= 0.3 is 6.03 Å². The van der Waals surface area contributed by atoms with Gasteiger partial charge in [-0.2, -0.15) is 0 Å². The number of ether oxygens (including phenoxy) is 1. The summed E-state index contributed by atoms with van der Waals surface area (Å²) in [5.41, 5.74) is 1.75. The highest BCUT2D eigenvalue weighted by atomic mass is 16.5. The maximum Gasteiger partial charge on any atom is 0.319 e. The molecule has 3 N–H and O–H groups in total. The van der Waals surface area contributed by atoms with Crippen LogP contribution in [0.15, 0.2) is 24.3 Å². The lowest BCUT2D eigenvalue weighted by molar-refractivity contribution is 0.119. The van der Waals surface area contributed by atoms with E-state index in [1.807, 2.05) is 38.1 Å². The van der Waals surface area contributed by atoms with Crippen molar-refractivity contribution in [1.29, 1.82) is 0 Å². The molecule has 21 heavy (non-hydrogen) atoms. The number of aliphatic hydroxyl groups is 1. The maximum atomic E-state index is 11.8. The fraction of sp³-hybridized carbons (Fsp3) is 0.562. The largest absolute Gasteiger partial charge is 0.393 e. The van der Waals surface area contributed by atoms with Crippen molar-refractivity contribution in [2.75, 3.05) is 19.0 Å². The van der Waals surface area contributed by atoms with Crippen LogP contribution in [0.25, 0.3) is 0 Å². The molecule has 0 fully saturated rings. The molecule has 0 spiro atoms. The van der Waals surface area contributed by atoms with Crippen molar-refractivity contribution in [3.8, 4) is 0 Å². The molecule has 0 saturated heterocycles. The number of amides is 2. The van der Waals surface area contributed by atoms with Gasteiger partial charge < -0.3 is 20.5 Å². The topological polar surface area (TPSA) is 70.6 Å². The standard InChI is InChI=1S/C16H26N2O3/c1-11(8-12(2)19)10-17-16(20)18-15-7-5-6-14(9-15)13(3)21-4/h5-7,9,11-13,19H,8,10H2,1-4H3,(H2,17,18,20). The molecule has 5 nitrogen and oxygen atoms in total. The smallest absolute Gasteiger partial charge is 0.319 e. The van der Waals surface area contributed by atoms with E-state index in [0.29, 0.717) is 13.0 Å². The number of urea groups is 1. The first kappa shape index (κ1) is 17.5. The number of nitrogens with one attached hydrogen (secondary N) is 2. The minimum Gasteiger partial charge on any atom is -0.393 e. The average Bonchev–Trinajstić information content (AvgIpc) is 2.44. The van der Waals surface area contributed by atoms with Crippen LogP contribution in [0.1, 0.15) is 38.9 Å². The van der Waals surface area contributed by atoms with Crippen molar-refractivity contribution in [2.24, 2.45) is 5.92 Å². The molecule has 5 heteroatoms. The molecule has 0 aliphatic carbocycles. The molecule has 0 saturated carbocycles. The molecule has 0 bridgehead atoms. The van der Waals surface area contributed by atoms with Gasteiger partial charge in [-0.05, 0) is 43.9 Å². The van der Waals surface area contributed by atoms with Gasteiger partial charge in [-0.3, -0.25) is 0 Å². The summed E-state index contributed by atoms with van der Waals surface area (Å²) in [6.45, 7) is 6.23. The zero-order valence-electron chi connectivity index (χ0n) is 13.2. The summed E-state index contributed by atoms with van der Waals surface area (Å²) in [6.07, 6.45) is 0.305. The van der Waals surface area contributed by atoms with Crippen LogP contribution in [0.5, 0.6) is 0 Å². The van der Waals surface area contributed by atoms with E-state index < -0.39 is 0 Å². The van der Waals surface area contributed by atoms with Crippen molar-refractivity contribution in [3.05, 3.63) is 29.8 Å². The van der Waals surface area contributed by atoms with Crippen molar-refractivity contribution >= 4 is 11.7 Å². The molecule has 118 valence electrons. The van der Waals surface area contributed by atoms with Crippen molar-refractivity contribution in [3.63, 3.8) is 0 Å². The van der Waals surface area contributed by atoms with E-state index >= 15 is 0 Å². The van der Waals surface area contributed by atoms with Crippen LogP contribution in [-0.4, -0.2) is 30.9 Å². The van der Waals surface area contributed by atoms with Gasteiger partial charge in [0, 0.05) is 19.3 Å². The quantitative estimate of drug-likeness (QED) is 0.724. The highest BCUT2D eigenvalue weighted by Crippen LogP contribution is 2.19. The zero-order chi connectivity index (χ0) is 15.8. The normalized spacial score (nSPS) is 15.1. The summed E-state index contributed by atoms with van der Waals surface area (Å²) in [6, 6.07) is 7.34. The Morgan fingerprint density at radius 2 is 2.05 bits per heavy atom. The zero-order valence-corrected chi connectivity index (χ0v) is 13.2. The van der Waals surface area contributed by atoms with Gasteiger partial charge in [-0.1, -0.05) is 19.1 Å². The van der Waals surface area contributed by atoms with Crippen molar-refractivity contribution in [2.45, 2.75) is 39.4 Å². The number of carbonyl (C=O) groups is 1. The summed E-state index contributed by atoms with van der Waals surface area (Å²) in [7, 11) is 1.65. The summed E-state index contributed by atoms with van der Waals surface area (Å²) < 4.78 is 5.26. The number of hydrogen-bond acceptors (Lipinski definition) is 3. The van der Waals surface area contributed by atoms with Crippen LogP contribution in [0.2, 0.25) is 0 Å². The lowest BCUT2D eigenvalue weighted by Crippen LogP contribution is -2.33. The minimum absolute atomic E-state index is 0.0131. The van der Waals surface area contributed by atoms with Crippen molar-refractivity contribution < 1.29 is 14.6 Å². The van der Waals surface area contributed by atoms with Crippen LogP contribution in [0.3, 0.4) is 0 Å². The Kier molecular flexibility index (Phi) is 7.19. The van der Waals surface area contributed by atoms with Crippen LogP contribution >= 0.6 is 0 Å². The van der Waals surface area contributed by atoms with Crippen LogP contribution in [-0.2, 0) is 4.74 Å². The van der Waals surface area contributed by atoms with E-state index in [-0.39, 0.29) is 24.2 Å². The van der Waals surface area contributed by atoms with Crippen LogP contribution < -0.4 is 10.6 Å². The third-order valence-electron chi connectivity index (χ3n) is 3.32. The van der Waals surface area contributed by atoms with Gasteiger partial charge in [0.2, 0.25) is 0 Å². The van der Waals surface area contributed by atoms with Gasteiger partial charge in [0.25, 0.3) is 0 Å². The monoisotopic (exact) mass is 294 g/mol. The van der Waals surface area contributed by atoms with Gasteiger partial charge in [0.05, 0.1) is 12.2 Å². The molecule has 0 heterocycles. The number of aliphatic hydroxyl groups excluding tert-OH is 1. The first-order valence-corrected chi connectivity index (χ1v) is 7.28. The molecule has 1 aromatic carbocycles. The van der Waals surface area contributed by atoms with E-state index in [9.17, 15) is 9.90 Å². The molecule has 1 rings (SSSR count). The molecule has 0 aromatic heterocycles. The Labute approximate surface area is 126 Å². The number of rotatable bonds is 7. The number of benzene rings is 1. The Morgan fingerprint density at radius 3 is 2.67 bits per heavy atom. The number of carbonyl (C=O) groups excluding carboxylic acids is 1. The number of methoxy groups -OCH3 is 1. The maximum absolute atomic E-state index is 11.8. The molecule has 1 aromatic rings. The second-order valence-electron chi connectivity index (χ2n) is 5.53. The molecule has 0 radical (unpaired) electrons. The van der Waals surface area contributed by atoms with E-state index in [2.05, 4.69) is 10.6 Å². The van der Waals surface area contributed by atoms with Gasteiger partial charge in [0.15, 0.2) is 0 Å². The van der Waals surface area contributed by atoms with Gasteiger partial charge in [-0.15, -0.1) is 0 Å². The molecule has 0 aliphatic heterocycles. The minimum atomic E-state index is -0.350. The van der Waals surface area contributed by atoms with Crippen LogP contribution in [0.4, 0.5) is 10.5 Å². The Morgan fingerprint density at radius 1 is 1.33 bits per heavy atom. The Balaban J connectivity index is 2.48. The predicted octanol–water partition coefficient (Wildman–Crippen LogP) is 2.92. The summed E-state index contributed by atoms with van der Waals surface area (Å²) in [4.78, 5) is 11.8. The lowest BCUT2D eigenvalue weighted by atomic mass is 10.1. The predicted molar refractivity (Wildman–Crippen MR) is 84.3 cm³/mol. The molecular formula is C16H26N2O3. The molecule has 2 amide bonds.